The van der Waals surface area contributed by atoms with Gasteiger partial charge in [-0.25, -0.2) is 0 Å². The summed E-state index contributed by atoms with van der Waals surface area (Å²) in [5, 5.41) is 3.05. The molecule has 0 radical (unpaired) electrons. The molecule has 1 fully saturated rings. The van der Waals surface area contributed by atoms with Crippen LogP contribution >= 0.6 is 15.9 Å². The average molecular weight is 445 g/mol. The van der Waals surface area contributed by atoms with Crippen LogP contribution in [0.25, 0.3) is 0 Å². The lowest BCUT2D eigenvalue weighted by atomic mass is 9.99. The van der Waals surface area contributed by atoms with Crippen molar-refractivity contribution in [1.29, 1.82) is 0 Å². The summed E-state index contributed by atoms with van der Waals surface area (Å²) in [6.07, 6.45) is 2.02. The smallest absolute Gasteiger partial charge is 0.261 e. The van der Waals surface area contributed by atoms with Crippen molar-refractivity contribution in [2.45, 2.75) is 45.8 Å². The molecule has 0 aliphatic carbocycles. The Hall–Kier alpha value is -2.01. The van der Waals surface area contributed by atoms with Gasteiger partial charge in [-0.15, -0.1) is 0 Å². The minimum atomic E-state index is -0.558. The van der Waals surface area contributed by atoms with Crippen LogP contribution in [0.5, 0.6) is 5.75 Å². The third-order valence-corrected chi connectivity index (χ3v) is 5.80. The molecule has 1 saturated heterocycles. The van der Waals surface area contributed by atoms with Crippen molar-refractivity contribution in [1.82, 2.24) is 5.32 Å². The molecule has 0 aromatic heterocycles. The first kappa shape index (κ1) is 20.7. The number of carbonyl (C=O) groups excluding carboxylic acids is 1. The fourth-order valence-corrected chi connectivity index (χ4v) is 3.85. The van der Waals surface area contributed by atoms with E-state index in [9.17, 15) is 4.79 Å². The van der Waals surface area contributed by atoms with E-state index in [0.29, 0.717) is 5.75 Å². The number of amides is 1. The van der Waals surface area contributed by atoms with E-state index in [4.69, 9.17) is 4.74 Å². The maximum atomic E-state index is 12.5. The monoisotopic (exact) mass is 444 g/mol. The van der Waals surface area contributed by atoms with Gasteiger partial charge >= 0.3 is 0 Å². The van der Waals surface area contributed by atoms with Crippen LogP contribution in [-0.2, 0) is 4.79 Å². The second-order valence-corrected chi connectivity index (χ2v) is 8.64. The molecule has 1 N–H and O–H groups in total. The largest absolute Gasteiger partial charge is 0.481 e. The van der Waals surface area contributed by atoms with E-state index < -0.39 is 6.10 Å². The fraction of sp³-hybridized carbons (Fsp3) is 0.435. The van der Waals surface area contributed by atoms with Crippen LogP contribution < -0.4 is 15.0 Å². The van der Waals surface area contributed by atoms with Crippen LogP contribution in [0.3, 0.4) is 0 Å². The van der Waals surface area contributed by atoms with E-state index in [1.165, 1.54) is 18.5 Å². The van der Waals surface area contributed by atoms with Crippen molar-refractivity contribution in [3.8, 4) is 5.75 Å². The molecule has 3 rings (SSSR count). The number of hydrogen-bond acceptors (Lipinski definition) is 3. The number of halogens is 1. The zero-order valence-corrected chi connectivity index (χ0v) is 18.4. The summed E-state index contributed by atoms with van der Waals surface area (Å²) in [5.41, 5.74) is 2.36. The van der Waals surface area contributed by atoms with Crippen molar-refractivity contribution in [2.75, 3.05) is 18.0 Å². The SMILES string of the molecule is C[C@@H]1CCCN(c2ccc([C@H](C)NC(=O)[C@@H](C)Oc3ccc(Br)cc3)cc2)C1. The van der Waals surface area contributed by atoms with Gasteiger partial charge in [-0.2, -0.15) is 0 Å². The molecule has 1 aliphatic rings. The zero-order chi connectivity index (χ0) is 20.1. The van der Waals surface area contributed by atoms with Crippen molar-refractivity contribution in [2.24, 2.45) is 5.92 Å². The molecular formula is C23H29BrN2O2. The lowest BCUT2D eigenvalue weighted by Gasteiger charge is -2.33. The first-order valence-electron chi connectivity index (χ1n) is 10.00. The summed E-state index contributed by atoms with van der Waals surface area (Å²) in [6.45, 7) is 8.33. The Kier molecular flexibility index (Phi) is 7.00. The van der Waals surface area contributed by atoms with Gasteiger partial charge in [0, 0.05) is 23.2 Å². The fourth-order valence-electron chi connectivity index (χ4n) is 3.58. The predicted molar refractivity (Wildman–Crippen MR) is 118 cm³/mol. The Morgan fingerprint density at radius 2 is 1.82 bits per heavy atom. The summed E-state index contributed by atoms with van der Waals surface area (Å²) in [6, 6.07) is 16.0. The van der Waals surface area contributed by atoms with Gasteiger partial charge in [0.2, 0.25) is 0 Å². The summed E-state index contributed by atoms with van der Waals surface area (Å²) >= 11 is 3.39. The zero-order valence-electron chi connectivity index (χ0n) is 16.8. The molecule has 150 valence electrons. The number of piperidine rings is 1. The van der Waals surface area contributed by atoms with E-state index in [1.807, 2.05) is 31.2 Å². The van der Waals surface area contributed by atoms with Gasteiger partial charge in [-0.05, 0) is 74.6 Å². The summed E-state index contributed by atoms with van der Waals surface area (Å²) in [7, 11) is 0. The Labute approximate surface area is 176 Å². The first-order chi connectivity index (χ1) is 13.4. The number of benzene rings is 2. The first-order valence-corrected chi connectivity index (χ1v) is 10.8. The lowest BCUT2D eigenvalue weighted by molar-refractivity contribution is -0.127. The Balaban J connectivity index is 1.55. The molecule has 4 nitrogen and oxygen atoms in total. The van der Waals surface area contributed by atoms with Gasteiger partial charge < -0.3 is 15.0 Å². The number of nitrogens with one attached hydrogen (secondary N) is 1. The highest BCUT2D eigenvalue weighted by Crippen LogP contribution is 2.25. The molecule has 1 heterocycles. The van der Waals surface area contributed by atoms with E-state index in [2.05, 4.69) is 57.3 Å². The van der Waals surface area contributed by atoms with E-state index in [1.54, 1.807) is 6.92 Å². The number of anilines is 1. The van der Waals surface area contributed by atoms with Gasteiger partial charge in [-0.3, -0.25) is 4.79 Å². The number of ether oxygens (including phenoxy) is 1. The molecule has 2 aromatic rings. The summed E-state index contributed by atoms with van der Waals surface area (Å²) < 4.78 is 6.72. The molecule has 28 heavy (non-hydrogen) atoms. The summed E-state index contributed by atoms with van der Waals surface area (Å²) in [5.74, 6) is 1.31. The third kappa shape index (κ3) is 5.51. The quantitative estimate of drug-likeness (QED) is 0.654. The highest BCUT2D eigenvalue weighted by Gasteiger charge is 2.19. The maximum Gasteiger partial charge on any atom is 0.261 e. The predicted octanol–water partition coefficient (Wildman–Crippen LogP) is 5.33. The Bertz CT molecular complexity index is 776. The van der Waals surface area contributed by atoms with Crippen molar-refractivity contribution < 1.29 is 9.53 Å². The van der Waals surface area contributed by atoms with Gasteiger partial charge in [0.25, 0.3) is 5.91 Å². The molecule has 1 amide bonds. The standard InChI is InChI=1S/C23H29BrN2O2/c1-16-5-4-14-26(15-16)21-10-6-19(7-11-21)17(2)25-23(27)18(3)28-22-12-8-20(24)9-13-22/h6-13,16-18H,4-5,14-15H2,1-3H3,(H,25,27)/t16-,17+,18-/m1/s1. The molecule has 3 atom stereocenters. The molecule has 1 aliphatic heterocycles. The highest BCUT2D eigenvalue weighted by atomic mass is 79.9. The molecule has 0 unspecified atom stereocenters. The second kappa shape index (κ2) is 9.46. The normalized spacial score (nSPS) is 19.0. The molecule has 5 heteroatoms. The number of rotatable bonds is 6. The van der Waals surface area contributed by atoms with Crippen molar-refractivity contribution >= 4 is 27.5 Å². The van der Waals surface area contributed by atoms with Crippen LogP contribution in [-0.4, -0.2) is 25.1 Å². The molecule has 2 aromatic carbocycles. The highest BCUT2D eigenvalue weighted by molar-refractivity contribution is 9.10. The number of hydrogen-bond donors (Lipinski definition) is 1. The van der Waals surface area contributed by atoms with Crippen LogP contribution in [0.2, 0.25) is 0 Å². The van der Waals surface area contributed by atoms with E-state index in [0.717, 1.165) is 29.0 Å². The Morgan fingerprint density at radius 1 is 1.14 bits per heavy atom. The topological polar surface area (TPSA) is 41.6 Å². The number of nitrogens with zero attached hydrogens (tertiary/aromatic N) is 1. The third-order valence-electron chi connectivity index (χ3n) is 5.27. The van der Waals surface area contributed by atoms with E-state index >= 15 is 0 Å². The molecule has 0 saturated carbocycles. The van der Waals surface area contributed by atoms with Gasteiger partial charge in [-0.1, -0.05) is 35.0 Å². The van der Waals surface area contributed by atoms with Crippen LogP contribution in [0, 0.1) is 5.92 Å². The Morgan fingerprint density at radius 3 is 2.46 bits per heavy atom. The summed E-state index contributed by atoms with van der Waals surface area (Å²) in [4.78, 5) is 14.9. The van der Waals surface area contributed by atoms with Crippen LogP contribution in [0.15, 0.2) is 53.0 Å². The van der Waals surface area contributed by atoms with Crippen LogP contribution in [0.1, 0.15) is 45.2 Å². The van der Waals surface area contributed by atoms with Crippen molar-refractivity contribution in [3.05, 3.63) is 58.6 Å². The lowest BCUT2D eigenvalue weighted by Crippen LogP contribution is -2.37. The van der Waals surface area contributed by atoms with Crippen LogP contribution in [0.4, 0.5) is 5.69 Å². The maximum absolute atomic E-state index is 12.5. The molecule has 0 bridgehead atoms. The van der Waals surface area contributed by atoms with Gasteiger partial charge in [0.1, 0.15) is 5.75 Å². The van der Waals surface area contributed by atoms with Gasteiger partial charge in [0.15, 0.2) is 6.10 Å². The van der Waals surface area contributed by atoms with Gasteiger partial charge in [0.05, 0.1) is 6.04 Å². The molecule has 0 spiro atoms. The van der Waals surface area contributed by atoms with Crippen molar-refractivity contribution in [3.63, 3.8) is 0 Å². The molecular weight excluding hydrogens is 416 g/mol. The van der Waals surface area contributed by atoms with E-state index in [-0.39, 0.29) is 11.9 Å². The second-order valence-electron chi connectivity index (χ2n) is 7.73. The number of carbonyl (C=O) groups is 1. The average Bonchev–Trinajstić information content (AvgIpc) is 2.69. The minimum Gasteiger partial charge on any atom is -0.481 e. The minimum absolute atomic E-state index is 0.0715.